The van der Waals surface area contributed by atoms with Crippen molar-refractivity contribution in [2.24, 2.45) is 5.92 Å². The second-order valence-electron chi connectivity index (χ2n) is 8.29. The summed E-state index contributed by atoms with van der Waals surface area (Å²) >= 11 is 5.97. The molecule has 1 aliphatic heterocycles. The quantitative estimate of drug-likeness (QED) is 0.736. The fourth-order valence-corrected chi connectivity index (χ4v) is 3.32. The smallest absolute Gasteiger partial charge is 0.408 e. The fourth-order valence-electron chi connectivity index (χ4n) is 3.11. The lowest BCUT2D eigenvalue weighted by Gasteiger charge is -2.32. The van der Waals surface area contributed by atoms with Crippen LogP contribution in [0.3, 0.4) is 0 Å². The highest BCUT2D eigenvalue weighted by atomic mass is 35.5. The fraction of sp³-hybridized carbons (Fsp3) is 0.571. The van der Waals surface area contributed by atoms with Crippen molar-refractivity contribution in [2.75, 3.05) is 26.2 Å². The molecule has 1 aromatic carbocycles. The van der Waals surface area contributed by atoms with Crippen LogP contribution in [0.15, 0.2) is 24.3 Å². The summed E-state index contributed by atoms with van der Waals surface area (Å²) in [6.45, 7) is 7.06. The molecule has 29 heavy (non-hydrogen) atoms. The summed E-state index contributed by atoms with van der Waals surface area (Å²) in [5.41, 5.74) is 0.313. The summed E-state index contributed by atoms with van der Waals surface area (Å²) in [7, 11) is 0. The third kappa shape index (κ3) is 8.73. The second kappa shape index (κ2) is 10.5. The van der Waals surface area contributed by atoms with Crippen molar-refractivity contribution in [1.29, 1.82) is 0 Å². The van der Waals surface area contributed by atoms with Gasteiger partial charge in [0.25, 0.3) is 0 Å². The van der Waals surface area contributed by atoms with Gasteiger partial charge in [0.05, 0.1) is 13.0 Å². The molecule has 3 amide bonds. The second-order valence-corrected chi connectivity index (χ2v) is 8.73. The Hall–Kier alpha value is -2.28. The highest BCUT2D eigenvalue weighted by Crippen LogP contribution is 2.18. The summed E-state index contributed by atoms with van der Waals surface area (Å²) in [6.07, 6.45) is 1.40. The lowest BCUT2D eigenvalue weighted by atomic mass is 9.96. The zero-order valence-corrected chi connectivity index (χ0v) is 18.1. The SMILES string of the molecule is CC(C)(C)OC(=O)NCC(=O)NCC1CCN(C(=O)Cc2cccc(Cl)c2)CC1. The molecule has 2 N–H and O–H groups in total. The van der Waals surface area contributed by atoms with Gasteiger partial charge in [0, 0.05) is 24.7 Å². The van der Waals surface area contributed by atoms with E-state index in [2.05, 4.69) is 10.6 Å². The molecule has 1 fully saturated rings. The molecule has 0 aliphatic carbocycles. The Kier molecular flexibility index (Phi) is 8.32. The van der Waals surface area contributed by atoms with Crippen molar-refractivity contribution in [3.8, 4) is 0 Å². The van der Waals surface area contributed by atoms with E-state index in [0.717, 1.165) is 18.4 Å². The van der Waals surface area contributed by atoms with Crippen molar-refractivity contribution in [3.05, 3.63) is 34.9 Å². The molecule has 0 radical (unpaired) electrons. The first-order valence-corrected chi connectivity index (χ1v) is 10.3. The Bertz CT molecular complexity index is 725. The summed E-state index contributed by atoms with van der Waals surface area (Å²) in [5, 5.41) is 5.90. The molecule has 1 aliphatic rings. The van der Waals surface area contributed by atoms with E-state index in [9.17, 15) is 14.4 Å². The first kappa shape index (κ1) is 23.0. The summed E-state index contributed by atoms with van der Waals surface area (Å²) < 4.78 is 5.09. The molecule has 1 heterocycles. The van der Waals surface area contributed by atoms with Crippen LogP contribution in [0.1, 0.15) is 39.2 Å². The molecule has 0 saturated carbocycles. The molecule has 2 rings (SSSR count). The normalized spacial score (nSPS) is 15.0. The highest BCUT2D eigenvalue weighted by Gasteiger charge is 2.23. The minimum Gasteiger partial charge on any atom is -0.444 e. The maximum Gasteiger partial charge on any atom is 0.408 e. The number of carbonyl (C=O) groups is 3. The van der Waals surface area contributed by atoms with E-state index < -0.39 is 11.7 Å². The van der Waals surface area contributed by atoms with Crippen LogP contribution in [0.5, 0.6) is 0 Å². The summed E-state index contributed by atoms with van der Waals surface area (Å²) in [6, 6.07) is 7.35. The number of alkyl carbamates (subject to hydrolysis) is 1. The van der Waals surface area contributed by atoms with E-state index in [1.54, 1.807) is 26.8 Å². The standard InChI is InChI=1S/C21H30ClN3O4/c1-21(2,3)29-20(28)24-14-18(26)23-13-15-7-9-25(10-8-15)19(27)12-16-5-4-6-17(22)11-16/h4-6,11,15H,7-10,12-14H2,1-3H3,(H,23,26)(H,24,28). The number of nitrogens with one attached hydrogen (secondary N) is 2. The van der Waals surface area contributed by atoms with Crippen LogP contribution in [-0.4, -0.2) is 54.6 Å². The van der Waals surface area contributed by atoms with Crippen LogP contribution < -0.4 is 10.6 Å². The first-order chi connectivity index (χ1) is 13.6. The van der Waals surface area contributed by atoms with E-state index in [1.807, 2.05) is 23.1 Å². The molecule has 0 spiro atoms. The number of hydrogen-bond donors (Lipinski definition) is 2. The third-order valence-electron chi connectivity index (χ3n) is 4.59. The highest BCUT2D eigenvalue weighted by molar-refractivity contribution is 6.30. The molecule has 1 saturated heterocycles. The Morgan fingerprint density at radius 3 is 2.48 bits per heavy atom. The predicted octanol–water partition coefficient (Wildman–Crippen LogP) is 2.76. The predicted molar refractivity (Wildman–Crippen MR) is 112 cm³/mol. The van der Waals surface area contributed by atoms with Gasteiger partial charge >= 0.3 is 6.09 Å². The van der Waals surface area contributed by atoms with Crippen LogP contribution >= 0.6 is 11.6 Å². The van der Waals surface area contributed by atoms with Crippen LogP contribution in [0.25, 0.3) is 0 Å². The lowest BCUT2D eigenvalue weighted by molar-refractivity contribution is -0.132. The number of likely N-dealkylation sites (tertiary alicyclic amines) is 1. The van der Waals surface area contributed by atoms with E-state index >= 15 is 0 Å². The molecule has 7 nitrogen and oxygen atoms in total. The molecule has 0 unspecified atom stereocenters. The van der Waals surface area contributed by atoms with Crippen molar-refractivity contribution >= 4 is 29.5 Å². The zero-order chi connectivity index (χ0) is 21.4. The molecular formula is C21H30ClN3O4. The van der Waals surface area contributed by atoms with Crippen molar-refractivity contribution in [2.45, 2.75) is 45.6 Å². The molecule has 0 aromatic heterocycles. The number of benzene rings is 1. The molecule has 8 heteroatoms. The monoisotopic (exact) mass is 423 g/mol. The van der Waals surface area contributed by atoms with Crippen LogP contribution in [0, 0.1) is 5.92 Å². The van der Waals surface area contributed by atoms with Gasteiger partial charge in [-0.3, -0.25) is 9.59 Å². The number of amides is 3. The van der Waals surface area contributed by atoms with E-state index in [4.69, 9.17) is 16.3 Å². The van der Waals surface area contributed by atoms with E-state index in [1.165, 1.54) is 0 Å². The zero-order valence-electron chi connectivity index (χ0n) is 17.3. The van der Waals surface area contributed by atoms with Crippen molar-refractivity contribution < 1.29 is 19.1 Å². The number of rotatable bonds is 6. The largest absolute Gasteiger partial charge is 0.444 e. The average Bonchev–Trinajstić information content (AvgIpc) is 2.64. The van der Waals surface area contributed by atoms with Crippen molar-refractivity contribution in [3.63, 3.8) is 0 Å². The van der Waals surface area contributed by atoms with Gasteiger partial charge in [-0.25, -0.2) is 4.79 Å². The van der Waals surface area contributed by atoms with Gasteiger partial charge in [-0.2, -0.15) is 0 Å². The third-order valence-corrected chi connectivity index (χ3v) is 4.83. The van der Waals surface area contributed by atoms with Gasteiger partial charge < -0.3 is 20.3 Å². The minimum atomic E-state index is -0.612. The average molecular weight is 424 g/mol. The number of nitrogens with zero attached hydrogens (tertiary/aromatic N) is 1. The maximum atomic E-state index is 12.5. The number of ether oxygens (including phenoxy) is 1. The maximum absolute atomic E-state index is 12.5. The van der Waals surface area contributed by atoms with Gasteiger partial charge in [-0.1, -0.05) is 23.7 Å². The van der Waals surface area contributed by atoms with Crippen LogP contribution in [-0.2, 0) is 20.7 Å². The van der Waals surface area contributed by atoms with E-state index in [0.29, 0.717) is 37.0 Å². The lowest BCUT2D eigenvalue weighted by Crippen LogP contribution is -2.44. The van der Waals surface area contributed by atoms with Gasteiger partial charge in [0.15, 0.2) is 0 Å². The number of carbonyl (C=O) groups excluding carboxylic acids is 3. The molecule has 1 aromatic rings. The summed E-state index contributed by atoms with van der Waals surface area (Å²) in [4.78, 5) is 37.8. The van der Waals surface area contributed by atoms with Crippen molar-refractivity contribution in [1.82, 2.24) is 15.5 Å². The van der Waals surface area contributed by atoms with Gasteiger partial charge in [-0.15, -0.1) is 0 Å². The molecule has 0 bridgehead atoms. The van der Waals surface area contributed by atoms with Gasteiger partial charge in [0.1, 0.15) is 5.60 Å². The topological polar surface area (TPSA) is 87.7 Å². The molecule has 0 atom stereocenters. The Morgan fingerprint density at radius 2 is 1.86 bits per heavy atom. The number of piperidine rings is 1. The Balaban J connectivity index is 1.64. The first-order valence-electron chi connectivity index (χ1n) is 9.88. The Morgan fingerprint density at radius 1 is 1.17 bits per heavy atom. The number of halogens is 1. The summed E-state index contributed by atoms with van der Waals surface area (Å²) in [5.74, 6) is 0.155. The van der Waals surface area contributed by atoms with Gasteiger partial charge in [0.2, 0.25) is 11.8 Å². The van der Waals surface area contributed by atoms with Crippen LogP contribution in [0.4, 0.5) is 4.79 Å². The molecular weight excluding hydrogens is 394 g/mol. The van der Waals surface area contributed by atoms with E-state index in [-0.39, 0.29) is 18.4 Å². The number of hydrogen-bond acceptors (Lipinski definition) is 4. The van der Waals surface area contributed by atoms with Crippen LogP contribution in [0.2, 0.25) is 5.02 Å². The Labute approximate surface area is 177 Å². The van der Waals surface area contributed by atoms with Gasteiger partial charge in [-0.05, 0) is 57.2 Å². The minimum absolute atomic E-state index is 0.0938. The molecule has 160 valence electrons.